The van der Waals surface area contributed by atoms with Gasteiger partial charge < -0.3 is 14.2 Å². The van der Waals surface area contributed by atoms with Gasteiger partial charge in [0.1, 0.15) is 12.1 Å². The van der Waals surface area contributed by atoms with E-state index in [2.05, 4.69) is 4.98 Å². The fraction of sp³-hybridized carbons (Fsp3) is 0.375. The fourth-order valence-electron chi connectivity index (χ4n) is 2.77. The van der Waals surface area contributed by atoms with E-state index < -0.39 is 11.7 Å². The summed E-state index contributed by atoms with van der Waals surface area (Å²) in [5.74, 6) is -0.259. The molecule has 0 atom stereocenters. The second-order valence-corrected chi connectivity index (χ2v) is 5.52. The number of anilines is 1. The molecule has 2 aromatic rings. The number of pyridine rings is 1. The van der Waals surface area contributed by atoms with Crippen LogP contribution in [0.25, 0.3) is 0 Å². The van der Waals surface area contributed by atoms with Crippen molar-refractivity contribution in [3.63, 3.8) is 0 Å². The summed E-state index contributed by atoms with van der Waals surface area (Å²) >= 11 is 0. The highest BCUT2D eigenvalue weighted by Crippen LogP contribution is 2.35. The van der Waals surface area contributed by atoms with Crippen LogP contribution in [0, 0.1) is 0 Å². The van der Waals surface area contributed by atoms with Crippen LogP contribution in [0.3, 0.4) is 0 Å². The minimum atomic E-state index is -4.46. The van der Waals surface area contributed by atoms with Crippen molar-refractivity contribution in [1.82, 2.24) is 9.88 Å². The number of rotatable bonds is 2. The van der Waals surface area contributed by atoms with Crippen LogP contribution in [0.1, 0.15) is 22.3 Å². The number of carbonyl (C=O) groups excluding carboxylic acids is 1. The van der Waals surface area contributed by atoms with E-state index in [1.807, 2.05) is 0 Å². The van der Waals surface area contributed by atoms with Crippen LogP contribution in [0.15, 0.2) is 41.3 Å². The van der Waals surface area contributed by atoms with Gasteiger partial charge in [-0.15, -0.1) is 0 Å². The monoisotopic (exact) mass is 339 g/mol. The molecular formula is C16H16F3N3O2. The van der Waals surface area contributed by atoms with Gasteiger partial charge in [0.05, 0.1) is 17.4 Å². The minimum absolute atomic E-state index is 0.0809. The highest BCUT2D eigenvalue weighted by molar-refractivity contribution is 5.93. The Morgan fingerprint density at radius 1 is 1.17 bits per heavy atom. The molecule has 3 rings (SSSR count). The summed E-state index contributed by atoms with van der Waals surface area (Å²) < 4.78 is 44.4. The van der Waals surface area contributed by atoms with Gasteiger partial charge in [-0.05, 0) is 24.6 Å². The third kappa shape index (κ3) is 3.37. The third-order valence-corrected chi connectivity index (χ3v) is 3.94. The highest BCUT2D eigenvalue weighted by atomic mass is 19.4. The Bertz CT molecular complexity index is 701. The van der Waals surface area contributed by atoms with E-state index >= 15 is 0 Å². The molecule has 1 saturated heterocycles. The molecule has 1 aliphatic heterocycles. The topological polar surface area (TPSA) is 49.6 Å². The number of hydrogen-bond acceptors (Lipinski definition) is 4. The first kappa shape index (κ1) is 16.4. The second-order valence-electron chi connectivity index (χ2n) is 5.52. The Morgan fingerprint density at radius 3 is 2.71 bits per heavy atom. The molecule has 1 fully saturated rings. The molecule has 0 bridgehead atoms. The molecule has 2 aromatic heterocycles. The van der Waals surface area contributed by atoms with E-state index in [0.717, 1.165) is 6.07 Å². The molecule has 0 unspecified atom stereocenters. The van der Waals surface area contributed by atoms with Gasteiger partial charge in [0.2, 0.25) is 0 Å². The zero-order valence-electron chi connectivity index (χ0n) is 12.8. The van der Waals surface area contributed by atoms with Crippen LogP contribution >= 0.6 is 0 Å². The van der Waals surface area contributed by atoms with E-state index in [-0.39, 0.29) is 11.7 Å². The Labute approximate surface area is 136 Å². The summed E-state index contributed by atoms with van der Waals surface area (Å²) in [6.45, 7) is 1.52. The van der Waals surface area contributed by atoms with Gasteiger partial charge in [0.15, 0.2) is 0 Å². The van der Waals surface area contributed by atoms with E-state index in [1.54, 1.807) is 15.9 Å². The maximum absolute atomic E-state index is 13.2. The van der Waals surface area contributed by atoms with Crippen LogP contribution in [-0.4, -0.2) is 42.0 Å². The number of halogens is 3. The number of alkyl halides is 3. The van der Waals surface area contributed by atoms with Gasteiger partial charge in [-0.2, -0.15) is 13.2 Å². The average molecular weight is 339 g/mol. The molecule has 8 heteroatoms. The first-order valence-corrected chi connectivity index (χ1v) is 7.55. The maximum atomic E-state index is 13.2. The Hall–Kier alpha value is -2.51. The second kappa shape index (κ2) is 6.54. The van der Waals surface area contributed by atoms with Crippen molar-refractivity contribution >= 4 is 11.7 Å². The molecule has 0 aromatic carbocycles. The largest absolute Gasteiger partial charge is 0.472 e. The Kier molecular flexibility index (Phi) is 4.46. The summed E-state index contributed by atoms with van der Waals surface area (Å²) in [7, 11) is 0. The first-order valence-electron chi connectivity index (χ1n) is 7.55. The van der Waals surface area contributed by atoms with Crippen LogP contribution in [-0.2, 0) is 6.18 Å². The Balaban J connectivity index is 1.76. The average Bonchev–Trinajstić information content (AvgIpc) is 2.98. The number of carbonyl (C=O) groups is 1. The van der Waals surface area contributed by atoms with Crippen molar-refractivity contribution in [3.05, 3.63) is 48.0 Å². The van der Waals surface area contributed by atoms with E-state index in [9.17, 15) is 18.0 Å². The molecule has 128 valence electrons. The molecule has 0 aliphatic carbocycles. The third-order valence-electron chi connectivity index (χ3n) is 3.94. The van der Waals surface area contributed by atoms with Crippen LogP contribution < -0.4 is 4.90 Å². The highest BCUT2D eigenvalue weighted by Gasteiger charge is 2.36. The molecule has 1 amide bonds. The fourth-order valence-corrected chi connectivity index (χ4v) is 2.77. The van der Waals surface area contributed by atoms with Gasteiger partial charge >= 0.3 is 6.18 Å². The minimum Gasteiger partial charge on any atom is -0.472 e. The predicted molar refractivity (Wildman–Crippen MR) is 80.7 cm³/mol. The molecular weight excluding hydrogens is 323 g/mol. The molecule has 0 radical (unpaired) electrons. The van der Waals surface area contributed by atoms with Crippen LogP contribution in [0.5, 0.6) is 0 Å². The zero-order chi connectivity index (χ0) is 17.2. The van der Waals surface area contributed by atoms with Crippen molar-refractivity contribution < 1.29 is 22.4 Å². The predicted octanol–water partition coefficient (Wildman–Crippen LogP) is 3.05. The van der Waals surface area contributed by atoms with E-state index in [1.165, 1.54) is 24.8 Å². The summed E-state index contributed by atoms with van der Waals surface area (Å²) in [4.78, 5) is 19.5. The van der Waals surface area contributed by atoms with E-state index in [0.29, 0.717) is 38.2 Å². The lowest BCUT2D eigenvalue weighted by atomic mass is 10.2. The Morgan fingerprint density at radius 2 is 2.00 bits per heavy atom. The summed E-state index contributed by atoms with van der Waals surface area (Å²) in [6.07, 6.45) is 0.246. The lowest BCUT2D eigenvalue weighted by Gasteiger charge is -2.25. The maximum Gasteiger partial charge on any atom is 0.419 e. The standard InChI is InChI=1S/C16H16F3N3O2/c17-16(18,19)13-3-1-5-20-14(13)21-6-2-7-22(9-8-21)15(23)12-4-10-24-11-12/h1,3-5,10-11H,2,6-9H2. The lowest BCUT2D eigenvalue weighted by molar-refractivity contribution is -0.137. The van der Waals surface area contributed by atoms with Gasteiger partial charge in [-0.25, -0.2) is 4.98 Å². The number of furan rings is 1. The van der Waals surface area contributed by atoms with Crippen molar-refractivity contribution in [2.24, 2.45) is 0 Å². The summed E-state index contributed by atoms with van der Waals surface area (Å²) in [5, 5.41) is 0. The van der Waals surface area contributed by atoms with Gasteiger partial charge in [0, 0.05) is 32.4 Å². The number of hydrogen-bond donors (Lipinski definition) is 0. The normalized spacial score (nSPS) is 16.1. The SMILES string of the molecule is O=C(c1ccoc1)N1CCCN(c2ncccc2C(F)(F)F)CC1. The number of nitrogens with zero attached hydrogens (tertiary/aromatic N) is 3. The van der Waals surface area contributed by atoms with E-state index in [4.69, 9.17) is 4.42 Å². The molecule has 24 heavy (non-hydrogen) atoms. The molecule has 0 spiro atoms. The molecule has 1 aliphatic rings. The molecule has 5 nitrogen and oxygen atoms in total. The first-order chi connectivity index (χ1) is 11.5. The van der Waals surface area contributed by atoms with Crippen molar-refractivity contribution in [3.8, 4) is 0 Å². The van der Waals surface area contributed by atoms with Gasteiger partial charge in [0.25, 0.3) is 5.91 Å². The summed E-state index contributed by atoms with van der Waals surface area (Å²) in [5.41, 5.74) is -0.308. The van der Waals surface area contributed by atoms with Crippen molar-refractivity contribution in [2.45, 2.75) is 12.6 Å². The molecule has 3 heterocycles. The summed E-state index contributed by atoms with van der Waals surface area (Å²) in [6, 6.07) is 3.88. The van der Waals surface area contributed by atoms with Gasteiger partial charge in [-0.1, -0.05) is 0 Å². The smallest absolute Gasteiger partial charge is 0.419 e. The van der Waals surface area contributed by atoms with Gasteiger partial charge in [-0.3, -0.25) is 4.79 Å². The zero-order valence-corrected chi connectivity index (χ0v) is 12.8. The number of amides is 1. The number of aromatic nitrogens is 1. The lowest BCUT2D eigenvalue weighted by Crippen LogP contribution is -2.35. The quantitative estimate of drug-likeness (QED) is 0.844. The van der Waals surface area contributed by atoms with Crippen LogP contribution in [0.2, 0.25) is 0 Å². The van der Waals surface area contributed by atoms with Crippen molar-refractivity contribution in [1.29, 1.82) is 0 Å². The van der Waals surface area contributed by atoms with Crippen LogP contribution in [0.4, 0.5) is 19.0 Å². The molecule has 0 N–H and O–H groups in total. The molecule has 0 saturated carbocycles. The van der Waals surface area contributed by atoms with Crippen molar-refractivity contribution in [2.75, 3.05) is 31.1 Å².